The molecule has 4 aliphatic heterocycles. The lowest BCUT2D eigenvalue weighted by molar-refractivity contribution is -0.143. The van der Waals surface area contributed by atoms with Crippen LogP contribution in [0.5, 0.6) is 0 Å². The van der Waals surface area contributed by atoms with E-state index in [1.54, 1.807) is 4.90 Å². The van der Waals surface area contributed by atoms with Crippen molar-refractivity contribution < 1.29 is 23.9 Å². The Labute approximate surface area is 230 Å². The van der Waals surface area contributed by atoms with Crippen LogP contribution in [-0.4, -0.2) is 65.7 Å². The third-order valence-corrected chi connectivity index (χ3v) is 9.63. The molecule has 0 radical (unpaired) electrons. The number of carbonyl (C=O) groups excluding carboxylic acids is 3. The van der Waals surface area contributed by atoms with Crippen molar-refractivity contribution in [2.75, 3.05) is 18.5 Å². The first kappa shape index (κ1) is 26.5. The predicted molar refractivity (Wildman–Crippen MR) is 147 cm³/mol. The minimum absolute atomic E-state index is 0.0804. The van der Waals surface area contributed by atoms with Crippen LogP contribution in [0.3, 0.4) is 0 Å². The highest BCUT2D eigenvalue weighted by Crippen LogP contribution is 2.55. The summed E-state index contributed by atoms with van der Waals surface area (Å²) in [6, 6.07) is 7.07. The van der Waals surface area contributed by atoms with Crippen LogP contribution in [0.15, 0.2) is 36.4 Å². The van der Waals surface area contributed by atoms with E-state index in [2.05, 4.69) is 31.4 Å². The van der Waals surface area contributed by atoms with E-state index in [0.717, 1.165) is 32.1 Å². The Morgan fingerprint density at radius 1 is 1.08 bits per heavy atom. The number of nitrogens with zero attached hydrogens (tertiary/aromatic N) is 1. The maximum absolute atomic E-state index is 14.1. The van der Waals surface area contributed by atoms with E-state index in [-0.39, 0.29) is 29.9 Å². The molecule has 5 aliphatic rings. The second kappa shape index (κ2) is 10.4. The molecule has 1 aromatic carbocycles. The summed E-state index contributed by atoms with van der Waals surface area (Å²) in [4.78, 5) is 43.5. The molecule has 1 aliphatic carbocycles. The third-order valence-electron chi connectivity index (χ3n) is 9.63. The van der Waals surface area contributed by atoms with Crippen LogP contribution >= 0.6 is 0 Å². The number of likely N-dealkylation sites (tertiary alicyclic amines) is 1. The first-order valence-electron chi connectivity index (χ1n) is 14.8. The van der Waals surface area contributed by atoms with Gasteiger partial charge in [-0.25, -0.2) is 0 Å². The van der Waals surface area contributed by atoms with Crippen LogP contribution in [0.4, 0.5) is 5.69 Å². The van der Waals surface area contributed by atoms with Crippen molar-refractivity contribution in [3.05, 3.63) is 42.0 Å². The molecule has 4 fully saturated rings. The van der Waals surface area contributed by atoms with Crippen LogP contribution < -0.4 is 10.6 Å². The van der Waals surface area contributed by atoms with Gasteiger partial charge in [0.25, 0.3) is 0 Å². The van der Waals surface area contributed by atoms with Gasteiger partial charge in [-0.2, -0.15) is 0 Å². The van der Waals surface area contributed by atoms with Crippen LogP contribution in [0, 0.1) is 17.8 Å². The molecule has 1 aromatic rings. The van der Waals surface area contributed by atoms with Crippen molar-refractivity contribution in [2.45, 2.75) is 95.1 Å². The number of amides is 3. The highest BCUT2D eigenvalue weighted by molar-refractivity contribution is 6.02. The van der Waals surface area contributed by atoms with Crippen molar-refractivity contribution in [3.63, 3.8) is 0 Å². The fourth-order valence-corrected chi connectivity index (χ4v) is 7.44. The van der Waals surface area contributed by atoms with Crippen molar-refractivity contribution in [1.82, 2.24) is 10.2 Å². The van der Waals surface area contributed by atoms with Gasteiger partial charge in [-0.1, -0.05) is 57.9 Å². The lowest BCUT2D eigenvalue weighted by Gasteiger charge is -2.36. The lowest BCUT2D eigenvalue weighted by Crippen LogP contribution is -2.58. The molecule has 8 heteroatoms. The molecule has 3 amide bonds. The van der Waals surface area contributed by atoms with Crippen LogP contribution in [0.25, 0.3) is 0 Å². The van der Waals surface area contributed by atoms with E-state index in [0.29, 0.717) is 30.7 Å². The Morgan fingerprint density at radius 2 is 1.85 bits per heavy atom. The minimum Gasteiger partial charge on any atom is -0.376 e. The number of fused-ring (bicyclic) bond motifs is 1. The van der Waals surface area contributed by atoms with Gasteiger partial charge in [-0.3, -0.25) is 14.4 Å². The Kier molecular flexibility index (Phi) is 7.04. The summed E-state index contributed by atoms with van der Waals surface area (Å²) in [5, 5.41) is 6.31. The Morgan fingerprint density at radius 3 is 2.54 bits per heavy atom. The minimum atomic E-state index is -1.15. The molecular formula is C31H41N3O5. The van der Waals surface area contributed by atoms with E-state index < -0.39 is 29.6 Å². The van der Waals surface area contributed by atoms with Gasteiger partial charge in [0.05, 0.1) is 24.0 Å². The van der Waals surface area contributed by atoms with Gasteiger partial charge in [-0.15, -0.1) is 0 Å². The molecule has 8 atom stereocenters. The van der Waals surface area contributed by atoms with Crippen molar-refractivity contribution in [2.24, 2.45) is 17.8 Å². The van der Waals surface area contributed by atoms with Gasteiger partial charge in [-0.05, 0) is 55.2 Å². The predicted octanol–water partition coefficient (Wildman–Crippen LogP) is 3.77. The normalized spacial score (nSPS) is 37.0. The molecule has 0 aromatic heterocycles. The smallest absolute Gasteiger partial charge is 0.246 e. The fourth-order valence-electron chi connectivity index (χ4n) is 7.44. The fraction of sp³-hybridized carbons (Fsp3) is 0.645. The second-order valence-corrected chi connectivity index (χ2v) is 12.5. The second-order valence-electron chi connectivity index (χ2n) is 12.5. The third kappa shape index (κ3) is 4.59. The zero-order valence-electron chi connectivity index (χ0n) is 23.2. The first-order valence-corrected chi connectivity index (χ1v) is 14.8. The van der Waals surface area contributed by atoms with Gasteiger partial charge in [0.15, 0.2) is 0 Å². The summed E-state index contributed by atoms with van der Waals surface area (Å²) in [5.41, 5.74) is 0.730. The summed E-state index contributed by atoms with van der Waals surface area (Å²) in [5.74, 6) is -1.29. The number of carbonyl (C=O) groups is 3. The van der Waals surface area contributed by atoms with Crippen LogP contribution in [0.1, 0.15) is 70.8 Å². The Balaban J connectivity index is 1.27. The molecule has 2 N–H and O–H groups in total. The topological polar surface area (TPSA) is 97.0 Å². The lowest BCUT2D eigenvalue weighted by atomic mass is 9.74. The average Bonchev–Trinajstić information content (AvgIpc) is 3.69. The molecule has 1 spiro atoms. The quantitative estimate of drug-likeness (QED) is 0.518. The summed E-state index contributed by atoms with van der Waals surface area (Å²) >= 11 is 0. The van der Waals surface area contributed by atoms with Crippen molar-refractivity contribution in [1.29, 1.82) is 0 Å². The monoisotopic (exact) mass is 535 g/mol. The number of anilines is 1. The molecule has 210 valence electrons. The molecule has 8 nitrogen and oxygen atoms in total. The zero-order valence-corrected chi connectivity index (χ0v) is 23.2. The maximum Gasteiger partial charge on any atom is 0.246 e. The summed E-state index contributed by atoms with van der Waals surface area (Å²) in [6.07, 6.45) is 9.19. The van der Waals surface area contributed by atoms with Gasteiger partial charge in [0.1, 0.15) is 11.6 Å². The summed E-state index contributed by atoms with van der Waals surface area (Å²) in [7, 11) is 0. The van der Waals surface area contributed by atoms with Gasteiger partial charge >= 0.3 is 0 Å². The number of benzene rings is 1. The molecule has 4 heterocycles. The molecule has 6 unspecified atom stereocenters. The molecule has 1 saturated carbocycles. The number of rotatable bonds is 7. The van der Waals surface area contributed by atoms with E-state index in [1.165, 1.54) is 12.0 Å². The Hall–Kier alpha value is -2.71. The zero-order chi connectivity index (χ0) is 27.3. The van der Waals surface area contributed by atoms with E-state index in [1.807, 2.05) is 36.4 Å². The Bertz CT molecular complexity index is 1140. The number of ether oxygens (including phenoxy) is 2. The van der Waals surface area contributed by atoms with E-state index in [4.69, 9.17) is 9.47 Å². The van der Waals surface area contributed by atoms with Crippen molar-refractivity contribution >= 4 is 23.4 Å². The highest BCUT2D eigenvalue weighted by Gasteiger charge is 2.73. The largest absolute Gasteiger partial charge is 0.376 e. The molecular weight excluding hydrogens is 494 g/mol. The molecule has 3 saturated heterocycles. The maximum atomic E-state index is 14.1. The van der Waals surface area contributed by atoms with Gasteiger partial charge in [0, 0.05) is 24.9 Å². The van der Waals surface area contributed by atoms with Gasteiger partial charge < -0.3 is 25.0 Å². The molecule has 39 heavy (non-hydrogen) atoms. The molecule has 2 bridgehead atoms. The number of hydrogen-bond acceptors (Lipinski definition) is 5. The SMILES string of the molecule is CC(C)c1ccc(NC(=O)C2[C@@H]3C=CC4(O3)C(C(=O)NC3CCCCC3C)N(CC3CCCO3)C(=O)[C@H]24)cc1. The number of nitrogens with one attached hydrogen (secondary N) is 2. The van der Waals surface area contributed by atoms with Crippen molar-refractivity contribution in [3.8, 4) is 0 Å². The summed E-state index contributed by atoms with van der Waals surface area (Å²) < 4.78 is 12.4. The van der Waals surface area contributed by atoms with E-state index >= 15 is 0 Å². The van der Waals surface area contributed by atoms with Crippen LogP contribution in [-0.2, 0) is 23.9 Å². The number of hydrogen-bond donors (Lipinski definition) is 2. The standard InChI is InChI=1S/C31H41N3O5/c1-18(2)20-10-12-21(13-11-20)32-28(35)25-24-14-15-31(39-24)26(25)30(37)34(17-22-8-6-16-38-22)27(31)29(36)33-23-9-5-4-7-19(23)3/h10-15,18-19,22-27H,4-9,16-17H2,1-3H3,(H,32,35)(H,33,36)/t19?,22?,23?,24-,25?,26-,27?,31?/m0/s1. The molecule has 6 rings (SSSR count). The first-order chi connectivity index (χ1) is 18.8. The summed E-state index contributed by atoms with van der Waals surface area (Å²) in [6.45, 7) is 7.43. The van der Waals surface area contributed by atoms with Crippen LogP contribution in [0.2, 0.25) is 0 Å². The average molecular weight is 536 g/mol. The van der Waals surface area contributed by atoms with Gasteiger partial charge in [0.2, 0.25) is 17.7 Å². The highest BCUT2D eigenvalue weighted by atomic mass is 16.5. The van der Waals surface area contributed by atoms with E-state index in [9.17, 15) is 14.4 Å².